The normalized spacial score (nSPS) is 11.3. The Labute approximate surface area is 93.2 Å². The van der Waals surface area contributed by atoms with E-state index < -0.39 is 23.0 Å². The smallest absolute Gasteiger partial charge is 0.315 e. The number of hydrogen-bond donors (Lipinski definition) is 0. The fourth-order valence-corrected chi connectivity index (χ4v) is 1.34. The lowest BCUT2D eigenvalue weighted by atomic mass is 9.84. The van der Waals surface area contributed by atoms with Crippen LogP contribution in [-0.2, 0) is 14.9 Å². The second-order valence-electron chi connectivity index (χ2n) is 4.00. The Morgan fingerprint density at radius 3 is 2.19 bits per heavy atom. The van der Waals surface area contributed by atoms with E-state index in [4.69, 9.17) is 4.74 Å². The maximum atomic E-state index is 13.0. The van der Waals surface area contributed by atoms with Crippen LogP contribution in [0.25, 0.3) is 0 Å². The maximum Gasteiger partial charge on any atom is 0.315 e. The molecule has 0 saturated carbocycles. The van der Waals surface area contributed by atoms with Crippen molar-refractivity contribution in [1.82, 2.24) is 0 Å². The molecule has 0 saturated heterocycles. The van der Waals surface area contributed by atoms with E-state index in [1.165, 1.54) is 0 Å². The number of rotatable bonds is 3. The Morgan fingerprint density at radius 2 is 1.75 bits per heavy atom. The average Bonchev–Trinajstić information content (AvgIpc) is 2.16. The maximum absolute atomic E-state index is 13.0. The molecule has 0 amide bonds. The topological polar surface area (TPSA) is 26.3 Å². The second-order valence-corrected chi connectivity index (χ2v) is 4.00. The van der Waals surface area contributed by atoms with Gasteiger partial charge in [-0.25, -0.2) is 8.78 Å². The van der Waals surface area contributed by atoms with Gasteiger partial charge < -0.3 is 4.74 Å². The van der Waals surface area contributed by atoms with Crippen molar-refractivity contribution < 1.29 is 18.3 Å². The van der Waals surface area contributed by atoms with E-state index >= 15 is 0 Å². The molecule has 0 N–H and O–H groups in total. The van der Waals surface area contributed by atoms with Gasteiger partial charge in [0.05, 0.1) is 12.0 Å². The summed E-state index contributed by atoms with van der Waals surface area (Å²) >= 11 is 0. The highest BCUT2D eigenvalue weighted by Gasteiger charge is 2.32. The van der Waals surface area contributed by atoms with E-state index in [1.54, 1.807) is 20.8 Å². The summed E-state index contributed by atoms with van der Waals surface area (Å²) in [5.41, 5.74) is -0.790. The molecular formula is C12H14F2O2. The Morgan fingerprint density at radius 1 is 1.25 bits per heavy atom. The van der Waals surface area contributed by atoms with Crippen molar-refractivity contribution in [1.29, 1.82) is 0 Å². The van der Waals surface area contributed by atoms with E-state index in [2.05, 4.69) is 0 Å². The molecule has 0 aromatic heterocycles. The van der Waals surface area contributed by atoms with Crippen LogP contribution in [0.4, 0.5) is 8.78 Å². The third-order valence-corrected chi connectivity index (χ3v) is 2.37. The lowest BCUT2D eigenvalue weighted by Gasteiger charge is -2.22. The fraction of sp³-hybridized carbons (Fsp3) is 0.417. The Balaban J connectivity index is 3.10. The van der Waals surface area contributed by atoms with Crippen LogP contribution in [0.15, 0.2) is 18.2 Å². The van der Waals surface area contributed by atoms with Crippen LogP contribution in [0, 0.1) is 11.6 Å². The van der Waals surface area contributed by atoms with E-state index in [1.807, 2.05) is 0 Å². The van der Waals surface area contributed by atoms with Crippen molar-refractivity contribution >= 4 is 5.97 Å². The number of esters is 1. The predicted molar refractivity (Wildman–Crippen MR) is 56.0 cm³/mol. The Hall–Kier alpha value is -1.45. The largest absolute Gasteiger partial charge is 0.465 e. The molecule has 1 aromatic rings. The molecule has 4 heteroatoms. The van der Waals surface area contributed by atoms with Gasteiger partial charge in [0.15, 0.2) is 0 Å². The summed E-state index contributed by atoms with van der Waals surface area (Å²) in [4.78, 5) is 11.6. The van der Waals surface area contributed by atoms with Crippen molar-refractivity contribution in [3.8, 4) is 0 Å². The van der Waals surface area contributed by atoms with Gasteiger partial charge in [-0.15, -0.1) is 0 Å². The number of hydrogen-bond acceptors (Lipinski definition) is 2. The van der Waals surface area contributed by atoms with Gasteiger partial charge in [0.2, 0.25) is 0 Å². The van der Waals surface area contributed by atoms with E-state index in [0.717, 1.165) is 18.2 Å². The molecular weight excluding hydrogens is 214 g/mol. The summed E-state index contributed by atoms with van der Waals surface area (Å²) in [6.45, 7) is 5.05. The zero-order valence-corrected chi connectivity index (χ0v) is 9.51. The molecule has 0 atom stereocenters. The summed E-state index contributed by atoms with van der Waals surface area (Å²) in [5, 5.41) is 0. The molecule has 88 valence electrons. The Bertz CT molecular complexity index is 380. The van der Waals surface area contributed by atoms with Gasteiger partial charge in [-0.05, 0) is 38.5 Å². The zero-order chi connectivity index (χ0) is 12.3. The summed E-state index contributed by atoms with van der Waals surface area (Å²) in [5.74, 6) is -1.90. The van der Waals surface area contributed by atoms with Crippen molar-refractivity contribution in [2.45, 2.75) is 26.2 Å². The van der Waals surface area contributed by atoms with Gasteiger partial charge in [0, 0.05) is 6.07 Å². The summed E-state index contributed by atoms with van der Waals surface area (Å²) in [6.07, 6.45) is 0. The highest BCUT2D eigenvalue weighted by molar-refractivity contribution is 5.82. The molecule has 0 fully saturated rings. The summed E-state index contributed by atoms with van der Waals surface area (Å²) in [7, 11) is 0. The molecule has 0 unspecified atom stereocenters. The second kappa shape index (κ2) is 4.60. The molecule has 0 aliphatic rings. The summed E-state index contributed by atoms with van der Waals surface area (Å²) in [6, 6.07) is 3.05. The van der Waals surface area contributed by atoms with Gasteiger partial charge in [0.1, 0.15) is 11.6 Å². The minimum absolute atomic E-state index is 0.236. The molecule has 0 heterocycles. The van der Waals surface area contributed by atoms with E-state index in [0.29, 0.717) is 0 Å². The molecule has 1 rings (SSSR count). The SMILES string of the molecule is CCOC(=O)C(C)(C)c1cc(F)cc(F)c1. The highest BCUT2D eigenvalue weighted by Crippen LogP contribution is 2.26. The van der Waals surface area contributed by atoms with Crippen LogP contribution in [0.1, 0.15) is 26.3 Å². The number of halogens is 2. The standard InChI is InChI=1S/C12H14F2O2/c1-4-16-11(15)12(2,3)8-5-9(13)7-10(14)6-8/h5-7H,4H2,1-3H3. The molecule has 0 aliphatic heterocycles. The number of ether oxygens (including phenoxy) is 1. The molecule has 16 heavy (non-hydrogen) atoms. The lowest BCUT2D eigenvalue weighted by Crippen LogP contribution is -2.31. The van der Waals surface area contributed by atoms with Gasteiger partial charge in [-0.1, -0.05) is 0 Å². The van der Waals surface area contributed by atoms with Crippen molar-refractivity contribution in [3.05, 3.63) is 35.4 Å². The first-order chi connectivity index (χ1) is 7.37. The third-order valence-electron chi connectivity index (χ3n) is 2.37. The third kappa shape index (κ3) is 2.56. The van der Waals surface area contributed by atoms with E-state index in [9.17, 15) is 13.6 Å². The van der Waals surface area contributed by atoms with Crippen LogP contribution in [0.3, 0.4) is 0 Å². The molecule has 0 spiro atoms. The zero-order valence-electron chi connectivity index (χ0n) is 9.51. The van der Waals surface area contributed by atoms with Gasteiger partial charge in [0.25, 0.3) is 0 Å². The molecule has 2 nitrogen and oxygen atoms in total. The number of benzene rings is 1. The van der Waals surface area contributed by atoms with Gasteiger partial charge in [-0.2, -0.15) is 0 Å². The van der Waals surface area contributed by atoms with Crippen LogP contribution in [0.2, 0.25) is 0 Å². The number of carbonyl (C=O) groups is 1. The number of carbonyl (C=O) groups excluding carboxylic acids is 1. The fourth-order valence-electron chi connectivity index (χ4n) is 1.34. The minimum Gasteiger partial charge on any atom is -0.465 e. The van der Waals surface area contributed by atoms with Gasteiger partial charge in [-0.3, -0.25) is 4.79 Å². The van der Waals surface area contributed by atoms with Crippen LogP contribution < -0.4 is 0 Å². The van der Waals surface area contributed by atoms with Crippen LogP contribution in [-0.4, -0.2) is 12.6 Å². The van der Waals surface area contributed by atoms with Gasteiger partial charge >= 0.3 is 5.97 Å². The molecule has 1 aromatic carbocycles. The molecule has 0 radical (unpaired) electrons. The van der Waals surface area contributed by atoms with Crippen molar-refractivity contribution in [2.75, 3.05) is 6.61 Å². The Kier molecular flexibility index (Phi) is 3.62. The minimum atomic E-state index is -1.06. The van der Waals surface area contributed by atoms with Crippen LogP contribution >= 0.6 is 0 Å². The van der Waals surface area contributed by atoms with Crippen molar-refractivity contribution in [3.63, 3.8) is 0 Å². The average molecular weight is 228 g/mol. The molecule has 0 aliphatic carbocycles. The van der Waals surface area contributed by atoms with Crippen molar-refractivity contribution in [2.24, 2.45) is 0 Å². The molecule has 0 bridgehead atoms. The predicted octanol–water partition coefficient (Wildman–Crippen LogP) is 2.81. The summed E-state index contributed by atoms with van der Waals surface area (Å²) < 4.78 is 30.9. The van der Waals surface area contributed by atoms with E-state index in [-0.39, 0.29) is 12.2 Å². The lowest BCUT2D eigenvalue weighted by molar-refractivity contribution is -0.148. The first-order valence-electron chi connectivity index (χ1n) is 5.01. The monoisotopic (exact) mass is 228 g/mol. The van der Waals surface area contributed by atoms with Crippen LogP contribution in [0.5, 0.6) is 0 Å². The first-order valence-corrected chi connectivity index (χ1v) is 5.01. The first kappa shape index (κ1) is 12.6. The highest BCUT2D eigenvalue weighted by atomic mass is 19.1. The quantitative estimate of drug-likeness (QED) is 0.743.